The average Bonchev–Trinajstić information content (AvgIpc) is 3.25. The normalized spacial score (nSPS) is 18.4. The van der Waals surface area contributed by atoms with Crippen LogP contribution in [0.25, 0.3) is 11.1 Å². The molecular formula is C30H29N3O6. The summed E-state index contributed by atoms with van der Waals surface area (Å²) < 4.78 is 5.54. The summed E-state index contributed by atoms with van der Waals surface area (Å²) in [5, 5.41) is 14.4. The van der Waals surface area contributed by atoms with Gasteiger partial charge >= 0.3 is 12.1 Å². The maximum Gasteiger partial charge on any atom is 0.407 e. The number of benzene rings is 3. The number of hydrogen-bond donors (Lipinski definition) is 3. The molecule has 1 aliphatic heterocycles. The monoisotopic (exact) mass is 527 g/mol. The number of likely N-dealkylation sites (tertiary alicyclic amines) is 1. The molecule has 5 rings (SSSR count). The Balaban J connectivity index is 1.21. The molecule has 9 nitrogen and oxygen atoms in total. The van der Waals surface area contributed by atoms with Gasteiger partial charge in [0.2, 0.25) is 5.91 Å². The lowest BCUT2D eigenvalue weighted by Crippen LogP contribution is -2.76. The number of aliphatic carboxylic acids is 1. The summed E-state index contributed by atoms with van der Waals surface area (Å²) >= 11 is 0. The largest absolute Gasteiger partial charge is 0.480 e. The Bertz CT molecular complexity index is 1380. The summed E-state index contributed by atoms with van der Waals surface area (Å²) in [7, 11) is 0. The van der Waals surface area contributed by atoms with Crippen LogP contribution >= 0.6 is 0 Å². The molecule has 1 heterocycles. The Morgan fingerprint density at radius 3 is 2.15 bits per heavy atom. The quantitative estimate of drug-likeness (QED) is 0.368. The first-order chi connectivity index (χ1) is 18.8. The highest BCUT2D eigenvalue weighted by molar-refractivity contribution is 5.99. The second-order valence-corrected chi connectivity index (χ2v) is 9.98. The third-order valence-electron chi connectivity index (χ3n) is 7.27. The van der Waals surface area contributed by atoms with Crippen LogP contribution in [0.5, 0.6) is 0 Å². The van der Waals surface area contributed by atoms with Gasteiger partial charge in [-0.05, 0) is 34.7 Å². The number of nitrogens with one attached hydrogen (secondary N) is 2. The van der Waals surface area contributed by atoms with Crippen molar-refractivity contribution in [2.75, 3.05) is 19.7 Å². The van der Waals surface area contributed by atoms with Gasteiger partial charge in [0.25, 0.3) is 5.91 Å². The van der Waals surface area contributed by atoms with Gasteiger partial charge in [0.15, 0.2) is 0 Å². The van der Waals surface area contributed by atoms with Crippen LogP contribution in [0.2, 0.25) is 0 Å². The zero-order valence-corrected chi connectivity index (χ0v) is 21.4. The number of fused-ring (bicyclic) bond motifs is 3. The molecule has 2 atom stereocenters. The summed E-state index contributed by atoms with van der Waals surface area (Å²) in [6, 6.07) is 24.2. The predicted molar refractivity (Wildman–Crippen MR) is 143 cm³/mol. The van der Waals surface area contributed by atoms with E-state index in [4.69, 9.17) is 9.84 Å². The highest BCUT2D eigenvalue weighted by Gasteiger charge is 2.53. The molecule has 0 aromatic heterocycles. The average molecular weight is 528 g/mol. The van der Waals surface area contributed by atoms with E-state index in [0.717, 1.165) is 27.8 Å². The van der Waals surface area contributed by atoms with Crippen LogP contribution in [-0.2, 0) is 25.5 Å². The van der Waals surface area contributed by atoms with Crippen LogP contribution in [0, 0.1) is 0 Å². The van der Waals surface area contributed by atoms with Crippen LogP contribution < -0.4 is 10.6 Å². The van der Waals surface area contributed by atoms with Gasteiger partial charge in [0, 0.05) is 12.3 Å². The van der Waals surface area contributed by atoms with E-state index >= 15 is 0 Å². The zero-order valence-electron chi connectivity index (χ0n) is 21.4. The number of carbonyl (C=O) groups is 4. The third kappa shape index (κ3) is 5.20. The summed E-state index contributed by atoms with van der Waals surface area (Å²) in [6.07, 6.45) is -0.546. The van der Waals surface area contributed by atoms with Crippen LogP contribution in [0.15, 0.2) is 78.9 Å². The van der Waals surface area contributed by atoms with Crippen molar-refractivity contribution in [3.63, 3.8) is 0 Å². The lowest BCUT2D eigenvalue weighted by atomic mass is 9.81. The van der Waals surface area contributed by atoms with E-state index < -0.39 is 42.0 Å². The Morgan fingerprint density at radius 2 is 1.56 bits per heavy atom. The van der Waals surface area contributed by atoms with Crippen LogP contribution in [0.1, 0.15) is 29.5 Å². The summed E-state index contributed by atoms with van der Waals surface area (Å²) in [6.45, 7) is 1.22. The Kier molecular flexibility index (Phi) is 7.06. The van der Waals surface area contributed by atoms with E-state index in [2.05, 4.69) is 10.6 Å². The highest BCUT2D eigenvalue weighted by atomic mass is 16.5. The van der Waals surface area contributed by atoms with Crippen molar-refractivity contribution >= 4 is 23.9 Å². The molecule has 3 amide bonds. The molecule has 39 heavy (non-hydrogen) atoms. The van der Waals surface area contributed by atoms with Gasteiger partial charge in [-0.3, -0.25) is 14.4 Å². The number of alkyl carbamates (subject to hydrolysis) is 1. The standard InChI is InChI=1S/C30H29N3O6/c1-19(27(36)32-30(15-20-9-3-2-4-10-20)18-33(28(30)37)16-26(34)35)31-29(38)39-17-25-23-13-7-5-11-21(23)22-12-6-8-14-24(22)25/h2-14,19,25H,15-18H2,1H3,(H,31,38)(H,32,36)(H,34,35)/t19-,30+/m0/s1. The summed E-state index contributed by atoms with van der Waals surface area (Å²) in [5.74, 6) is -2.29. The molecule has 200 valence electrons. The van der Waals surface area contributed by atoms with Gasteiger partial charge < -0.3 is 25.4 Å². The van der Waals surface area contributed by atoms with E-state index in [1.807, 2.05) is 78.9 Å². The molecule has 0 saturated carbocycles. The van der Waals surface area contributed by atoms with E-state index in [9.17, 15) is 19.2 Å². The van der Waals surface area contributed by atoms with Crippen molar-refractivity contribution in [1.29, 1.82) is 0 Å². The third-order valence-corrected chi connectivity index (χ3v) is 7.27. The van der Waals surface area contributed by atoms with Crippen LogP contribution in [0.4, 0.5) is 4.79 Å². The minimum Gasteiger partial charge on any atom is -0.480 e. The number of ether oxygens (including phenoxy) is 1. The van der Waals surface area contributed by atoms with Gasteiger partial charge in [-0.15, -0.1) is 0 Å². The summed E-state index contributed by atoms with van der Waals surface area (Å²) in [5.41, 5.74) is 3.91. The Labute approximate surface area is 225 Å². The highest BCUT2D eigenvalue weighted by Crippen LogP contribution is 2.44. The van der Waals surface area contributed by atoms with Gasteiger partial charge in [-0.1, -0.05) is 78.9 Å². The van der Waals surface area contributed by atoms with Gasteiger partial charge in [0.05, 0.1) is 6.54 Å². The molecule has 3 aromatic rings. The Hall–Kier alpha value is -4.66. The molecule has 0 unspecified atom stereocenters. The molecule has 9 heteroatoms. The number of amides is 3. The first kappa shape index (κ1) is 26.0. The molecule has 3 aromatic carbocycles. The predicted octanol–water partition coefficient (Wildman–Crippen LogP) is 2.94. The van der Waals surface area contributed by atoms with Crippen molar-refractivity contribution in [1.82, 2.24) is 15.5 Å². The second kappa shape index (κ2) is 10.6. The number of carbonyl (C=O) groups excluding carboxylic acids is 3. The van der Waals surface area contributed by atoms with E-state index in [1.54, 1.807) is 0 Å². The number of β-lactam (4-membered cyclic amide) rings is 1. The number of carboxylic acid groups (broad SMARTS) is 1. The molecule has 0 spiro atoms. The maximum atomic E-state index is 13.1. The van der Waals surface area contributed by atoms with Crippen molar-refractivity contribution in [2.45, 2.75) is 30.8 Å². The van der Waals surface area contributed by atoms with Crippen molar-refractivity contribution in [2.24, 2.45) is 0 Å². The molecule has 0 radical (unpaired) electrons. The zero-order chi connectivity index (χ0) is 27.6. The molecule has 1 saturated heterocycles. The van der Waals surface area contributed by atoms with Crippen LogP contribution in [0.3, 0.4) is 0 Å². The van der Waals surface area contributed by atoms with Gasteiger partial charge in [-0.25, -0.2) is 4.79 Å². The smallest absolute Gasteiger partial charge is 0.407 e. The first-order valence-electron chi connectivity index (χ1n) is 12.8. The van der Waals surface area contributed by atoms with Gasteiger partial charge in [-0.2, -0.15) is 0 Å². The fourth-order valence-electron chi connectivity index (χ4n) is 5.41. The molecule has 0 bridgehead atoms. The minimum absolute atomic E-state index is 0.0520. The van der Waals surface area contributed by atoms with Gasteiger partial charge in [0.1, 0.15) is 24.7 Å². The van der Waals surface area contributed by atoms with Crippen molar-refractivity contribution < 1.29 is 29.0 Å². The number of rotatable bonds is 9. The van der Waals surface area contributed by atoms with E-state index in [0.29, 0.717) is 0 Å². The molecule has 2 aliphatic rings. The molecular weight excluding hydrogens is 498 g/mol. The van der Waals surface area contributed by atoms with Crippen molar-refractivity contribution in [3.05, 3.63) is 95.6 Å². The fraction of sp³-hybridized carbons (Fsp3) is 0.267. The number of carboxylic acids is 1. The Morgan fingerprint density at radius 1 is 0.974 bits per heavy atom. The topological polar surface area (TPSA) is 125 Å². The SMILES string of the molecule is C[C@H](NC(=O)OCC1c2ccccc2-c2ccccc21)C(=O)N[C@]1(Cc2ccccc2)CN(CC(=O)O)C1=O. The molecule has 1 fully saturated rings. The maximum absolute atomic E-state index is 13.1. The van der Waals surface area contributed by atoms with Crippen molar-refractivity contribution in [3.8, 4) is 11.1 Å². The number of hydrogen-bond acceptors (Lipinski definition) is 5. The van der Waals surface area contributed by atoms with Crippen LogP contribution in [-0.4, -0.2) is 65.2 Å². The lowest BCUT2D eigenvalue weighted by Gasteiger charge is -2.48. The lowest BCUT2D eigenvalue weighted by molar-refractivity contribution is -0.161. The first-order valence-corrected chi connectivity index (χ1v) is 12.8. The second-order valence-electron chi connectivity index (χ2n) is 9.98. The minimum atomic E-state index is -1.29. The fourth-order valence-corrected chi connectivity index (χ4v) is 5.41. The number of nitrogens with zero attached hydrogens (tertiary/aromatic N) is 1. The molecule has 3 N–H and O–H groups in total. The molecule has 1 aliphatic carbocycles. The van der Waals surface area contributed by atoms with E-state index in [1.165, 1.54) is 11.8 Å². The summed E-state index contributed by atoms with van der Waals surface area (Å²) in [4.78, 5) is 51.0. The van der Waals surface area contributed by atoms with E-state index in [-0.39, 0.29) is 25.5 Å².